The van der Waals surface area contributed by atoms with Gasteiger partial charge in [-0.2, -0.15) is 8.42 Å². The van der Waals surface area contributed by atoms with Gasteiger partial charge in [0.05, 0.1) is 0 Å². The molecule has 0 spiro atoms. The number of rotatable bonds is 3. The van der Waals surface area contributed by atoms with E-state index in [1.165, 1.54) is 6.07 Å². The Morgan fingerprint density at radius 3 is 2.19 bits per heavy atom. The molecule has 26 heavy (non-hydrogen) atoms. The fraction of sp³-hybridized carbons (Fsp3) is 0.150. The van der Waals surface area contributed by atoms with Crippen molar-refractivity contribution in [3.63, 3.8) is 0 Å². The highest BCUT2D eigenvalue weighted by Crippen LogP contribution is 2.28. The fourth-order valence-corrected chi connectivity index (χ4v) is 4.03. The van der Waals surface area contributed by atoms with E-state index < -0.39 is 10.1 Å². The number of carbonyl (C=O) groups excluding carboxylic acids is 1. The SMILES string of the molecule is Cc1cc(C)c(C(=O)Nc2cc(S(=O)(=O)O)c3ccccc3c2)c(C)c1. The minimum Gasteiger partial charge on any atom is -0.322 e. The van der Waals surface area contributed by atoms with Crippen LogP contribution in [-0.2, 0) is 10.1 Å². The second kappa shape index (κ2) is 6.55. The summed E-state index contributed by atoms with van der Waals surface area (Å²) >= 11 is 0. The van der Waals surface area contributed by atoms with Crippen LogP contribution in [-0.4, -0.2) is 18.9 Å². The summed E-state index contributed by atoms with van der Waals surface area (Å²) in [6, 6.07) is 13.6. The van der Waals surface area contributed by atoms with E-state index in [1.807, 2.05) is 32.9 Å². The van der Waals surface area contributed by atoms with Crippen LogP contribution in [0.15, 0.2) is 53.4 Å². The third-order valence-electron chi connectivity index (χ3n) is 4.26. The van der Waals surface area contributed by atoms with E-state index in [-0.39, 0.29) is 10.8 Å². The molecule has 0 fully saturated rings. The van der Waals surface area contributed by atoms with Crippen LogP contribution in [0.3, 0.4) is 0 Å². The van der Waals surface area contributed by atoms with Crippen LogP contribution in [0, 0.1) is 20.8 Å². The lowest BCUT2D eigenvalue weighted by molar-refractivity contribution is 0.102. The van der Waals surface area contributed by atoms with Crippen molar-refractivity contribution in [2.24, 2.45) is 0 Å². The van der Waals surface area contributed by atoms with Crippen molar-refractivity contribution < 1.29 is 17.8 Å². The van der Waals surface area contributed by atoms with Crippen LogP contribution in [0.4, 0.5) is 5.69 Å². The van der Waals surface area contributed by atoms with Crippen LogP contribution in [0.25, 0.3) is 10.8 Å². The Morgan fingerprint density at radius 2 is 1.58 bits per heavy atom. The van der Waals surface area contributed by atoms with E-state index in [4.69, 9.17) is 0 Å². The quantitative estimate of drug-likeness (QED) is 0.676. The minimum atomic E-state index is -4.43. The third-order valence-corrected chi connectivity index (χ3v) is 5.16. The van der Waals surface area contributed by atoms with Gasteiger partial charge in [0.1, 0.15) is 4.90 Å². The highest BCUT2D eigenvalue weighted by molar-refractivity contribution is 7.86. The van der Waals surface area contributed by atoms with Crippen LogP contribution in [0.2, 0.25) is 0 Å². The fourth-order valence-electron chi connectivity index (χ4n) is 3.29. The van der Waals surface area contributed by atoms with Gasteiger partial charge in [-0.25, -0.2) is 0 Å². The number of nitrogens with one attached hydrogen (secondary N) is 1. The molecule has 0 aliphatic heterocycles. The molecule has 0 saturated carbocycles. The van der Waals surface area contributed by atoms with Gasteiger partial charge in [0.15, 0.2) is 0 Å². The van der Waals surface area contributed by atoms with Gasteiger partial charge in [-0.05, 0) is 49.4 Å². The molecule has 3 rings (SSSR count). The van der Waals surface area contributed by atoms with Crippen LogP contribution in [0.5, 0.6) is 0 Å². The molecule has 0 radical (unpaired) electrons. The number of anilines is 1. The summed E-state index contributed by atoms with van der Waals surface area (Å²) in [4.78, 5) is 12.5. The van der Waals surface area contributed by atoms with Gasteiger partial charge in [0.2, 0.25) is 0 Å². The normalized spacial score (nSPS) is 11.5. The molecular weight excluding hydrogens is 350 g/mol. The Balaban J connectivity index is 2.09. The number of hydrogen-bond acceptors (Lipinski definition) is 3. The second-order valence-electron chi connectivity index (χ2n) is 6.40. The topological polar surface area (TPSA) is 83.5 Å². The van der Waals surface area contributed by atoms with Gasteiger partial charge in [-0.3, -0.25) is 9.35 Å². The zero-order chi connectivity index (χ0) is 19.1. The molecule has 134 valence electrons. The molecule has 5 nitrogen and oxygen atoms in total. The van der Waals surface area contributed by atoms with Crippen molar-refractivity contribution in [3.8, 4) is 0 Å². The molecular formula is C20H19NO4S. The van der Waals surface area contributed by atoms with E-state index in [1.54, 1.807) is 30.3 Å². The average Bonchev–Trinajstić information content (AvgIpc) is 2.52. The van der Waals surface area contributed by atoms with Crippen molar-refractivity contribution in [1.82, 2.24) is 0 Å². The van der Waals surface area contributed by atoms with Crippen molar-refractivity contribution in [1.29, 1.82) is 0 Å². The van der Waals surface area contributed by atoms with E-state index >= 15 is 0 Å². The first-order valence-electron chi connectivity index (χ1n) is 8.06. The highest BCUT2D eigenvalue weighted by atomic mass is 32.2. The predicted molar refractivity (Wildman–Crippen MR) is 102 cm³/mol. The van der Waals surface area contributed by atoms with Crippen molar-refractivity contribution in [3.05, 3.63) is 70.8 Å². The van der Waals surface area contributed by atoms with Gasteiger partial charge < -0.3 is 5.32 Å². The smallest absolute Gasteiger partial charge is 0.295 e. The molecule has 0 aliphatic carbocycles. The van der Waals surface area contributed by atoms with Gasteiger partial charge in [-0.15, -0.1) is 0 Å². The Bertz CT molecular complexity index is 1110. The summed E-state index contributed by atoms with van der Waals surface area (Å²) in [6.07, 6.45) is 0. The summed E-state index contributed by atoms with van der Waals surface area (Å²) in [6.45, 7) is 5.68. The van der Waals surface area contributed by atoms with Crippen LogP contribution < -0.4 is 5.32 Å². The van der Waals surface area contributed by atoms with E-state index in [0.29, 0.717) is 22.0 Å². The molecule has 3 aromatic carbocycles. The van der Waals surface area contributed by atoms with E-state index in [9.17, 15) is 17.8 Å². The Hall–Kier alpha value is -2.70. The van der Waals surface area contributed by atoms with Crippen molar-refractivity contribution in [2.45, 2.75) is 25.7 Å². The third kappa shape index (κ3) is 3.47. The lowest BCUT2D eigenvalue weighted by atomic mass is 9.99. The number of amides is 1. The first kappa shape index (κ1) is 18.1. The molecule has 0 heterocycles. The summed E-state index contributed by atoms with van der Waals surface area (Å²) in [5.41, 5.74) is 3.61. The summed E-state index contributed by atoms with van der Waals surface area (Å²) in [5.74, 6) is -0.323. The molecule has 0 bridgehead atoms. The number of aryl methyl sites for hydroxylation is 3. The van der Waals surface area contributed by atoms with Crippen molar-refractivity contribution >= 4 is 32.5 Å². The molecule has 6 heteroatoms. The van der Waals surface area contributed by atoms with Crippen LogP contribution >= 0.6 is 0 Å². The molecule has 0 saturated heterocycles. The lowest BCUT2D eigenvalue weighted by Crippen LogP contribution is -2.15. The molecule has 0 atom stereocenters. The van der Waals surface area contributed by atoms with Crippen LogP contribution in [0.1, 0.15) is 27.0 Å². The maximum atomic E-state index is 12.7. The van der Waals surface area contributed by atoms with E-state index in [2.05, 4.69) is 5.32 Å². The van der Waals surface area contributed by atoms with Gasteiger partial charge in [-0.1, -0.05) is 42.0 Å². The maximum absolute atomic E-state index is 12.7. The maximum Gasteiger partial charge on any atom is 0.295 e. The molecule has 0 unspecified atom stereocenters. The Morgan fingerprint density at radius 1 is 0.962 bits per heavy atom. The lowest BCUT2D eigenvalue weighted by Gasteiger charge is -2.13. The minimum absolute atomic E-state index is 0.233. The monoisotopic (exact) mass is 369 g/mol. The molecule has 0 aliphatic rings. The zero-order valence-electron chi connectivity index (χ0n) is 14.7. The highest BCUT2D eigenvalue weighted by Gasteiger charge is 2.18. The van der Waals surface area contributed by atoms with Gasteiger partial charge in [0, 0.05) is 16.6 Å². The first-order chi connectivity index (χ1) is 12.2. The van der Waals surface area contributed by atoms with Gasteiger partial charge in [0.25, 0.3) is 16.0 Å². The Kier molecular flexibility index (Phi) is 4.56. The molecule has 1 amide bonds. The molecule has 3 aromatic rings. The van der Waals surface area contributed by atoms with Crippen molar-refractivity contribution in [2.75, 3.05) is 5.32 Å². The molecule has 0 aromatic heterocycles. The zero-order valence-corrected chi connectivity index (χ0v) is 15.5. The number of fused-ring (bicyclic) bond motifs is 1. The second-order valence-corrected chi connectivity index (χ2v) is 7.79. The summed E-state index contributed by atoms with van der Waals surface area (Å²) in [5, 5.41) is 3.76. The van der Waals surface area contributed by atoms with Gasteiger partial charge >= 0.3 is 0 Å². The number of benzene rings is 3. The summed E-state index contributed by atoms with van der Waals surface area (Å²) in [7, 11) is -4.43. The molecule has 2 N–H and O–H groups in total. The largest absolute Gasteiger partial charge is 0.322 e. The number of hydrogen-bond donors (Lipinski definition) is 2. The first-order valence-corrected chi connectivity index (χ1v) is 9.50. The Labute approximate surface area is 152 Å². The average molecular weight is 369 g/mol. The van der Waals surface area contributed by atoms with E-state index in [0.717, 1.165) is 16.7 Å². The summed E-state index contributed by atoms with van der Waals surface area (Å²) < 4.78 is 33.0. The number of carbonyl (C=O) groups is 1. The standard InChI is InChI=1S/C20H19NO4S/c1-12-8-13(2)19(14(3)9-12)20(22)21-16-10-15-6-4-5-7-17(15)18(11-16)26(23,24)25/h4-11H,1-3H3,(H,21,22)(H,23,24,25). The predicted octanol–water partition coefficient (Wildman–Crippen LogP) is 4.26.